The van der Waals surface area contributed by atoms with Crippen LogP contribution in [0.1, 0.15) is 41.4 Å². The maximum Gasteiger partial charge on any atom is 0.181 e. The minimum Gasteiger partial charge on any atom is -0.355 e. The fourth-order valence-electron chi connectivity index (χ4n) is 3.72. The molecule has 27 heavy (non-hydrogen) atoms. The largest absolute Gasteiger partial charge is 0.355 e. The SMILES string of the molecule is Cc1cc(C)c(C#N)c(N2CCC(c3nc(-c4ccccc4)n[nH]3)CC2)n1. The number of aromatic amines is 1. The van der Waals surface area contributed by atoms with Gasteiger partial charge in [0, 0.05) is 30.3 Å². The average molecular weight is 358 g/mol. The highest BCUT2D eigenvalue weighted by atomic mass is 15.2. The summed E-state index contributed by atoms with van der Waals surface area (Å²) in [4.78, 5) is 11.6. The molecular weight excluding hydrogens is 336 g/mol. The maximum atomic E-state index is 9.52. The van der Waals surface area contributed by atoms with Crippen LogP contribution in [-0.4, -0.2) is 33.3 Å². The predicted octanol–water partition coefficient (Wildman–Crippen LogP) is 3.74. The van der Waals surface area contributed by atoms with Gasteiger partial charge in [-0.25, -0.2) is 9.97 Å². The lowest BCUT2D eigenvalue weighted by molar-refractivity contribution is 0.484. The molecule has 2 aromatic heterocycles. The molecule has 0 saturated carbocycles. The second-order valence-corrected chi connectivity index (χ2v) is 7.06. The number of rotatable bonds is 3. The van der Waals surface area contributed by atoms with E-state index in [1.54, 1.807) is 0 Å². The van der Waals surface area contributed by atoms with Gasteiger partial charge in [0.05, 0.1) is 5.56 Å². The second kappa shape index (κ2) is 7.20. The summed E-state index contributed by atoms with van der Waals surface area (Å²) < 4.78 is 0. The van der Waals surface area contributed by atoms with Crippen molar-refractivity contribution in [2.45, 2.75) is 32.6 Å². The zero-order valence-corrected chi connectivity index (χ0v) is 15.6. The number of pyridine rings is 1. The molecule has 4 rings (SSSR count). The van der Waals surface area contributed by atoms with Gasteiger partial charge in [-0.2, -0.15) is 10.4 Å². The first-order chi connectivity index (χ1) is 13.2. The monoisotopic (exact) mass is 358 g/mol. The third-order valence-electron chi connectivity index (χ3n) is 5.15. The molecule has 0 spiro atoms. The third-order valence-corrected chi connectivity index (χ3v) is 5.15. The van der Waals surface area contributed by atoms with Crippen LogP contribution in [-0.2, 0) is 0 Å². The molecule has 6 nitrogen and oxygen atoms in total. The van der Waals surface area contributed by atoms with Crippen LogP contribution < -0.4 is 4.90 Å². The van der Waals surface area contributed by atoms with E-state index in [-0.39, 0.29) is 0 Å². The minimum absolute atomic E-state index is 0.350. The van der Waals surface area contributed by atoms with Crippen molar-refractivity contribution in [3.05, 3.63) is 59.0 Å². The van der Waals surface area contributed by atoms with E-state index in [1.165, 1.54) is 0 Å². The van der Waals surface area contributed by atoms with E-state index in [0.29, 0.717) is 11.5 Å². The predicted molar refractivity (Wildman–Crippen MR) is 104 cm³/mol. The van der Waals surface area contributed by atoms with Gasteiger partial charge in [0.25, 0.3) is 0 Å². The van der Waals surface area contributed by atoms with E-state index in [4.69, 9.17) is 4.98 Å². The highest BCUT2D eigenvalue weighted by molar-refractivity contribution is 5.58. The molecule has 1 aromatic carbocycles. The molecule has 1 aliphatic rings. The summed E-state index contributed by atoms with van der Waals surface area (Å²) in [7, 11) is 0. The first-order valence-corrected chi connectivity index (χ1v) is 9.26. The molecule has 1 fully saturated rings. The summed E-state index contributed by atoms with van der Waals surface area (Å²) in [5, 5.41) is 17.0. The number of nitrogens with one attached hydrogen (secondary N) is 1. The molecule has 3 aromatic rings. The number of benzene rings is 1. The lowest BCUT2D eigenvalue weighted by atomic mass is 9.95. The van der Waals surface area contributed by atoms with Crippen LogP contribution in [0.4, 0.5) is 5.82 Å². The Balaban J connectivity index is 1.49. The summed E-state index contributed by atoms with van der Waals surface area (Å²) in [6.45, 7) is 5.67. The van der Waals surface area contributed by atoms with Gasteiger partial charge in [-0.3, -0.25) is 5.10 Å². The van der Waals surface area contributed by atoms with Crippen LogP contribution in [0.15, 0.2) is 36.4 Å². The Bertz CT molecular complexity index is 978. The van der Waals surface area contributed by atoms with Crippen molar-refractivity contribution in [3.63, 3.8) is 0 Å². The molecular formula is C21H22N6. The zero-order valence-electron chi connectivity index (χ0n) is 15.6. The van der Waals surface area contributed by atoms with Gasteiger partial charge in [-0.15, -0.1) is 0 Å². The quantitative estimate of drug-likeness (QED) is 0.771. The fraction of sp³-hybridized carbons (Fsp3) is 0.333. The van der Waals surface area contributed by atoms with Crippen molar-refractivity contribution < 1.29 is 0 Å². The molecule has 1 aliphatic heterocycles. The second-order valence-electron chi connectivity index (χ2n) is 7.06. The summed E-state index contributed by atoms with van der Waals surface area (Å²) in [6.07, 6.45) is 1.92. The number of aromatic nitrogens is 4. The van der Waals surface area contributed by atoms with Gasteiger partial charge in [-0.05, 0) is 38.3 Å². The minimum atomic E-state index is 0.350. The van der Waals surface area contributed by atoms with Crippen LogP contribution in [0, 0.1) is 25.2 Å². The molecule has 0 unspecified atom stereocenters. The highest BCUT2D eigenvalue weighted by Crippen LogP contribution is 2.31. The molecule has 3 heterocycles. The molecule has 1 saturated heterocycles. The molecule has 0 radical (unpaired) electrons. The molecule has 0 atom stereocenters. The first-order valence-electron chi connectivity index (χ1n) is 9.26. The van der Waals surface area contributed by atoms with Crippen LogP contribution >= 0.6 is 0 Å². The van der Waals surface area contributed by atoms with Crippen LogP contribution in [0.25, 0.3) is 11.4 Å². The van der Waals surface area contributed by atoms with Crippen molar-refractivity contribution in [3.8, 4) is 17.5 Å². The van der Waals surface area contributed by atoms with E-state index in [0.717, 1.165) is 60.2 Å². The number of hydrogen-bond donors (Lipinski definition) is 1. The van der Waals surface area contributed by atoms with Crippen molar-refractivity contribution in [2.75, 3.05) is 18.0 Å². The van der Waals surface area contributed by atoms with Gasteiger partial charge in [0.1, 0.15) is 17.7 Å². The van der Waals surface area contributed by atoms with E-state index in [2.05, 4.69) is 26.2 Å². The molecule has 0 bridgehead atoms. The first kappa shape index (κ1) is 17.2. The summed E-state index contributed by atoms with van der Waals surface area (Å²) in [5.41, 5.74) is 3.65. The molecule has 136 valence electrons. The van der Waals surface area contributed by atoms with Gasteiger partial charge in [0.2, 0.25) is 0 Å². The van der Waals surface area contributed by atoms with Crippen molar-refractivity contribution >= 4 is 5.82 Å². The summed E-state index contributed by atoms with van der Waals surface area (Å²) in [6, 6.07) is 14.3. The Labute approximate surface area is 158 Å². The number of hydrogen-bond acceptors (Lipinski definition) is 5. The Morgan fingerprint density at radius 3 is 2.56 bits per heavy atom. The van der Waals surface area contributed by atoms with E-state index in [9.17, 15) is 5.26 Å². The average Bonchev–Trinajstić information content (AvgIpc) is 3.18. The normalized spacial score (nSPS) is 14.9. The lowest BCUT2D eigenvalue weighted by Crippen LogP contribution is -2.34. The molecule has 0 amide bonds. The van der Waals surface area contributed by atoms with E-state index in [1.807, 2.05) is 50.2 Å². The van der Waals surface area contributed by atoms with Crippen LogP contribution in [0.2, 0.25) is 0 Å². The molecule has 6 heteroatoms. The number of piperidine rings is 1. The van der Waals surface area contributed by atoms with Gasteiger partial charge in [0.15, 0.2) is 5.82 Å². The van der Waals surface area contributed by atoms with Crippen molar-refractivity contribution in [2.24, 2.45) is 0 Å². The van der Waals surface area contributed by atoms with E-state index < -0.39 is 0 Å². The Hall–Kier alpha value is -3.20. The standard InChI is InChI=1S/C21H22N6/c1-14-12-15(2)23-21(18(14)13-22)27-10-8-17(9-11-27)20-24-19(25-26-20)16-6-4-3-5-7-16/h3-7,12,17H,8-11H2,1-2H3,(H,24,25,26). The van der Waals surface area contributed by atoms with Crippen molar-refractivity contribution in [1.29, 1.82) is 5.26 Å². The molecule has 1 N–H and O–H groups in total. The lowest BCUT2D eigenvalue weighted by Gasteiger charge is -2.32. The van der Waals surface area contributed by atoms with E-state index >= 15 is 0 Å². The Kier molecular flexibility index (Phi) is 4.59. The third kappa shape index (κ3) is 3.41. The summed E-state index contributed by atoms with van der Waals surface area (Å²) >= 11 is 0. The summed E-state index contributed by atoms with van der Waals surface area (Å²) in [5.74, 6) is 2.86. The number of nitrogens with zero attached hydrogens (tertiary/aromatic N) is 5. The number of anilines is 1. The smallest absolute Gasteiger partial charge is 0.181 e. The van der Waals surface area contributed by atoms with Crippen LogP contribution in [0.3, 0.4) is 0 Å². The van der Waals surface area contributed by atoms with Crippen LogP contribution in [0.5, 0.6) is 0 Å². The fourth-order valence-corrected chi connectivity index (χ4v) is 3.72. The van der Waals surface area contributed by atoms with Gasteiger partial charge in [-0.1, -0.05) is 30.3 Å². The molecule has 0 aliphatic carbocycles. The van der Waals surface area contributed by atoms with Gasteiger partial charge >= 0.3 is 0 Å². The maximum absolute atomic E-state index is 9.52. The van der Waals surface area contributed by atoms with Gasteiger partial charge < -0.3 is 4.90 Å². The number of nitriles is 1. The number of H-pyrrole nitrogens is 1. The topological polar surface area (TPSA) is 81.5 Å². The number of aryl methyl sites for hydroxylation is 2. The van der Waals surface area contributed by atoms with Crippen molar-refractivity contribution in [1.82, 2.24) is 20.2 Å². The Morgan fingerprint density at radius 2 is 1.85 bits per heavy atom. The highest BCUT2D eigenvalue weighted by Gasteiger charge is 2.26. The zero-order chi connectivity index (χ0) is 18.8. The Morgan fingerprint density at radius 1 is 1.11 bits per heavy atom.